The van der Waals surface area contributed by atoms with Crippen LogP contribution in [-0.4, -0.2) is 81.6 Å². The number of esters is 2. The Morgan fingerprint density at radius 1 is 0.552 bits per heavy atom. The molecule has 392 valence electrons. The van der Waals surface area contributed by atoms with Gasteiger partial charge in [-0.15, -0.1) is 0 Å². The van der Waals surface area contributed by atoms with Gasteiger partial charge in [0.15, 0.2) is 6.10 Å². The molecule has 0 aromatic heterocycles. The number of hydrogen-bond donors (Lipinski definition) is 5. The van der Waals surface area contributed by atoms with E-state index in [0.717, 1.165) is 38.0 Å². The Kier molecular flexibility index (Phi) is 43.9. The minimum Gasteiger partial charge on any atom is -0.462 e. The molecule has 14 nitrogen and oxygen atoms in total. The molecule has 0 amide bonds. The standard InChI is InChI=1S/C51H94O14P2/c1-4-6-7-8-9-20-24-28-33-38-47(52)39-34-29-26-31-36-41-51(55)65-49(45-64-67(59,60)63-43-48(53)42-62-66(56,57)58)44-61-50(54)40-35-30-25-22-19-17-15-13-11-10-12-14-16-18-21-23-27-32-37-46(3)5-2/h9,20,26,28-29,33-34,39,46-49,52-53H,4-8,10-19,21-25,27,30-32,35-38,40-45H2,1-3H3,(H,59,60)(H2,56,57,58)/b20-9-,29-26+,33-28-,39-34-/t46?,47?,48-,49+/m0/s1. The van der Waals surface area contributed by atoms with E-state index in [1.165, 1.54) is 122 Å². The molecule has 16 heteroatoms. The molecule has 3 unspecified atom stereocenters. The van der Waals surface area contributed by atoms with Crippen LogP contribution in [0.1, 0.15) is 213 Å². The highest BCUT2D eigenvalue weighted by molar-refractivity contribution is 7.47. The van der Waals surface area contributed by atoms with Crippen LogP contribution in [0.3, 0.4) is 0 Å². The molecule has 0 rings (SSSR count). The van der Waals surface area contributed by atoms with Crippen molar-refractivity contribution in [2.24, 2.45) is 5.92 Å². The first-order valence-corrected chi connectivity index (χ1v) is 28.9. The van der Waals surface area contributed by atoms with Crippen LogP contribution < -0.4 is 0 Å². The SMILES string of the molecule is CCCCC/C=C\C/C=C\CC(O)/C=C\C=C\CCCC(=O)O[C@H](COC(=O)CCCCCCCCCCCCCCCCCCCCC(C)CC)COP(=O)(O)OC[C@@H](O)COP(=O)(O)O. The Labute approximate surface area is 405 Å². The lowest BCUT2D eigenvalue weighted by molar-refractivity contribution is -0.161. The number of aliphatic hydroxyl groups is 2. The number of unbranched alkanes of at least 4 members (excludes halogenated alkanes) is 21. The Bertz CT molecular complexity index is 1400. The third-order valence-corrected chi connectivity index (χ3v) is 12.8. The van der Waals surface area contributed by atoms with Crippen LogP contribution in [-0.2, 0) is 41.8 Å². The van der Waals surface area contributed by atoms with Crippen molar-refractivity contribution >= 4 is 27.6 Å². The minimum absolute atomic E-state index is 0.00290. The molecular weight excluding hydrogens is 898 g/mol. The lowest BCUT2D eigenvalue weighted by Gasteiger charge is -2.20. The van der Waals surface area contributed by atoms with Crippen LogP contribution >= 0.6 is 15.6 Å². The molecule has 5 atom stereocenters. The van der Waals surface area contributed by atoms with Crippen LogP contribution in [0, 0.1) is 5.92 Å². The molecule has 0 saturated carbocycles. The summed E-state index contributed by atoms with van der Waals surface area (Å²) in [5, 5.41) is 19.9. The number of ether oxygens (including phenoxy) is 2. The Morgan fingerprint density at radius 2 is 1.07 bits per heavy atom. The summed E-state index contributed by atoms with van der Waals surface area (Å²) in [6, 6.07) is 0. The molecule has 0 fully saturated rings. The molecule has 5 N–H and O–H groups in total. The molecule has 0 aromatic rings. The Hall–Kier alpha value is -1.96. The topological polar surface area (TPSA) is 216 Å². The zero-order valence-electron chi connectivity index (χ0n) is 41.8. The van der Waals surface area contributed by atoms with Gasteiger partial charge in [-0.05, 0) is 50.9 Å². The smallest absolute Gasteiger partial charge is 0.462 e. The van der Waals surface area contributed by atoms with Crippen molar-refractivity contribution in [2.75, 3.05) is 26.4 Å². The van der Waals surface area contributed by atoms with E-state index in [0.29, 0.717) is 25.7 Å². The van der Waals surface area contributed by atoms with Crippen LogP contribution in [0.2, 0.25) is 0 Å². The van der Waals surface area contributed by atoms with E-state index in [1.54, 1.807) is 18.2 Å². The summed E-state index contributed by atoms with van der Waals surface area (Å²) in [6.07, 6.45) is 44.1. The van der Waals surface area contributed by atoms with Gasteiger partial charge in [0.2, 0.25) is 0 Å². The summed E-state index contributed by atoms with van der Waals surface area (Å²) in [6.45, 7) is 3.98. The van der Waals surface area contributed by atoms with Crippen molar-refractivity contribution in [3.63, 3.8) is 0 Å². The highest BCUT2D eigenvalue weighted by atomic mass is 31.2. The second kappa shape index (κ2) is 45.2. The highest BCUT2D eigenvalue weighted by Crippen LogP contribution is 2.44. The molecule has 0 aromatic carbocycles. The molecule has 0 spiro atoms. The molecule has 0 aliphatic carbocycles. The average molecular weight is 993 g/mol. The van der Waals surface area contributed by atoms with Crippen molar-refractivity contribution in [3.05, 3.63) is 48.6 Å². The van der Waals surface area contributed by atoms with Crippen molar-refractivity contribution in [1.29, 1.82) is 0 Å². The minimum atomic E-state index is -4.88. The van der Waals surface area contributed by atoms with E-state index in [2.05, 4.69) is 42.0 Å². The van der Waals surface area contributed by atoms with Crippen LogP contribution in [0.15, 0.2) is 48.6 Å². The Morgan fingerprint density at radius 3 is 1.66 bits per heavy atom. The number of phosphoric acid groups is 2. The number of phosphoric ester groups is 2. The van der Waals surface area contributed by atoms with Gasteiger partial charge in [0, 0.05) is 12.8 Å². The number of hydrogen-bond acceptors (Lipinski definition) is 11. The van der Waals surface area contributed by atoms with Crippen LogP contribution in [0.5, 0.6) is 0 Å². The molecule has 0 radical (unpaired) electrons. The van der Waals surface area contributed by atoms with Gasteiger partial charge in [0.1, 0.15) is 12.7 Å². The number of aliphatic hydroxyl groups excluding tert-OH is 2. The maximum atomic E-state index is 12.7. The summed E-state index contributed by atoms with van der Waals surface area (Å²) in [5.41, 5.74) is 0. The third kappa shape index (κ3) is 48.8. The van der Waals surface area contributed by atoms with E-state index in [1.807, 2.05) is 18.2 Å². The molecule has 67 heavy (non-hydrogen) atoms. The van der Waals surface area contributed by atoms with Gasteiger partial charge < -0.3 is 34.4 Å². The van der Waals surface area contributed by atoms with E-state index in [-0.39, 0.29) is 12.8 Å². The van der Waals surface area contributed by atoms with Gasteiger partial charge in [-0.1, -0.05) is 204 Å². The van der Waals surface area contributed by atoms with Gasteiger partial charge in [0.25, 0.3) is 0 Å². The fourth-order valence-corrected chi connectivity index (χ4v) is 8.14. The fraction of sp³-hybridized carbons (Fsp3) is 0.804. The Balaban J connectivity index is 4.51. The van der Waals surface area contributed by atoms with Gasteiger partial charge in [0.05, 0.1) is 25.9 Å². The van der Waals surface area contributed by atoms with Gasteiger partial charge in [-0.25, -0.2) is 9.13 Å². The van der Waals surface area contributed by atoms with Gasteiger partial charge in [-0.3, -0.25) is 23.2 Å². The molecule has 0 aliphatic heterocycles. The van der Waals surface area contributed by atoms with Crippen molar-refractivity contribution in [2.45, 2.75) is 232 Å². The van der Waals surface area contributed by atoms with Crippen LogP contribution in [0.4, 0.5) is 0 Å². The highest BCUT2D eigenvalue weighted by Gasteiger charge is 2.28. The maximum Gasteiger partial charge on any atom is 0.472 e. The van der Waals surface area contributed by atoms with E-state index in [9.17, 15) is 33.8 Å². The fourth-order valence-electron chi connectivity index (χ4n) is 6.99. The third-order valence-electron chi connectivity index (χ3n) is 11.3. The lowest BCUT2D eigenvalue weighted by Crippen LogP contribution is -2.29. The second-order valence-corrected chi connectivity index (χ2v) is 20.6. The van der Waals surface area contributed by atoms with E-state index >= 15 is 0 Å². The molecule has 0 bridgehead atoms. The summed E-state index contributed by atoms with van der Waals surface area (Å²) in [7, 11) is -9.73. The number of allylic oxidation sites excluding steroid dienone is 6. The largest absolute Gasteiger partial charge is 0.472 e. The number of carbonyl (C=O) groups is 2. The molecule has 0 heterocycles. The lowest BCUT2D eigenvalue weighted by atomic mass is 9.99. The van der Waals surface area contributed by atoms with Gasteiger partial charge in [-0.2, -0.15) is 0 Å². The number of carbonyl (C=O) groups excluding carboxylic acids is 2. The first kappa shape index (κ1) is 65.0. The number of rotatable bonds is 48. The predicted octanol–water partition coefficient (Wildman–Crippen LogP) is 13.0. The first-order chi connectivity index (χ1) is 32.2. The average Bonchev–Trinajstić information content (AvgIpc) is 3.29. The normalized spacial score (nSPS) is 15.2. The molecule has 0 aliphatic rings. The maximum absolute atomic E-state index is 12.7. The van der Waals surface area contributed by atoms with Crippen molar-refractivity contribution in [3.8, 4) is 0 Å². The predicted molar refractivity (Wildman–Crippen MR) is 268 cm³/mol. The summed E-state index contributed by atoms with van der Waals surface area (Å²) in [4.78, 5) is 52.9. The van der Waals surface area contributed by atoms with Crippen molar-refractivity contribution < 1.29 is 66.7 Å². The van der Waals surface area contributed by atoms with Gasteiger partial charge >= 0.3 is 27.6 Å². The summed E-state index contributed by atoms with van der Waals surface area (Å²) >= 11 is 0. The van der Waals surface area contributed by atoms with Crippen LogP contribution in [0.25, 0.3) is 0 Å². The van der Waals surface area contributed by atoms with E-state index in [4.69, 9.17) is 23.8 Å². The zero-order chi connectivity index (χ0) is 49.7. The zero-order valence-corrected chi connectivity index (χ0v) is 43.6. The summed E-state index contributed by atoms with van der Waals surface area (Å²) < 4.78 is 47.8. The molecule has 0 saturated heterocycles. The molecular formula is C51H94O14P2. The second-order valence-electron chi connectivity index (χ2n) is 17.9. The first-order valence-electron chi connectivity index (χ1n) is 25.8. The van der Waals surface area contributed by atoms with E-state index < -0.39 is 72.3 Å². The monoisotopic (exact) mass is 993 g/mol. The quantitative estimate of drug-likeness (QED) is 0.0126. The summed E-state index contributed by atoms with van der Waals surface area (Å²) in [5.74, 6) is -0.274. The van der Waals surface area contributed by atoms with Crippen molar-refractivity contribution in [1.82, 2.24) is 0 Å².